The van der Waals surface area contributed by atoms with Gasteiger partial charge in [0, 0.05) is 36.2 Å². The van der Waals surface area contributed by atoms with Gasteiger partial charge in [-0.25, -0.2) is 4.68 Å². The molecule has 0 radical (unpaired) electrons. The van der Waals surface area contributed by atoms with Gasteiger partial charge in [0.15, 0.2) is 5.82 Å². The molecule has 10 heteroatoms. The molecular formula is C26H34N6O4. The van der Waals surface area contributed by atoms with E-state index in [-0.39, 0.29) is 23.6 Å². The average Bonchev–Trinajstić information content (AvgIpc) is 3.53. The molecule has 2 aromatic heterocycles. The zero-order valence-corrected chi connectivity index (χ0v) is 21.2. The summed E-state index contributed by atoms with van der Waals surface area (Å²) >= 11 is 0. The number of nitrogens with zero attached hydrogens (tertiary/aromatic N) is 5. The summed E-state index contributed by atoms with van der Waals surface area (Å²) in [5, 5.41) is 13.7. The van der Waals surface area contributed by atoms with Crippen molar-refractivity contribution >= 4 is 16.9 Å². The van der Waals surface area contributed by atoms with Gasteiger partial charge < -0.3 is 14.5 Å². The van der Waals surface area contributed by atoms with E-state index in [2.05, 4.69) is 38.4 Å². The SMILES string of the molecule is CCOC(=O)C1CCN([C@H](c2cc3c(C)cc(C)cc3[nH]c2=O)c2nnnn2C[C@@H]2CCCO2)CC1. The van der Waals surface area contributed by atoms with Crippen LogP contribution in [0.25, 0.3) is 10.9 Å². The lowest BCUT2D eigenvalue weighted by Crippen LogP contribution is -2.42. The molecule has 1 aromatic carbocycles. The molecule has 4 heterocycles. The molecule has 3 aromatic rings. The van der Waals surface area contributed by atoms with E-state index in [1.165, 1.54) is 0 Å². The fraction of sp³-hybridized carbons (Fsp3) is 0.577. The van der Waals surface area contributed by atoms with E-state index >= 15 is 0 Å². The molecule has 0 spiro atoms. The van der Waals surface area contributed by atoms with Crippen molar-refractivity contribution in [1.29, 1.82) is 0 Å². The van der Waals surface area contributed by atoms with Crippen LogP contribution in [-0.2, 0) is 20.8 Å². The Kier molecular flexibility index (Phi) is 7.15. The highest BCUT2D eigenvalue weighted by Gasteiger charge is 2.35. The lowest BCUT2D eigenvalue weighted by molar-refractivity contribution is -0.149. The van der Waals surface area contributed by atoms with E-state index in [0.29, 0.717) is 50.5 Å². The minimum absolute atomic E-state index is 0.0579. The first-order valence-electron chi connectivity index (χ1n) is 12.9. The molecule has 2 aliphatic heterocycles. The summed E-state index contributed by atoms with van der Waals surface area (Å²) in [6.45, 7) is 8.83. The van der Waals surface area contributed by atoms with Crippen LogP contribution in [0.4, 0.5) is 0 Å². The van der Waals surface area contributed by atoms with Gasteiger partial charge in [0.25, 0.3) is 5.56 Å². The van der Waals surface area contributed by atoms with E-state index in [1.54, 1.807) is 4.68 Å². The number of pyridine rings is 1. The summed E-state index contributed by atoms with van der Waals surface area (Å²) in [5.74, 6) is 0.339. The predicted molar refractivity (Wildman–Crippen MR) is 134 cm³/mol. The summed E-state index contributed by atoms with van der Waals surface area (Å²) < 4.78 is 12.9. The maximum atomic E-state index is 13.5. The monoisotopic (exact) mass is 494 g/mol. The van der Waals surface area contributed by atoms with Crippen LogP contribution in [-0.4, -0.2) is 68.5 Å². The third-order valence-corrected chi connectivity index (χ3v) is 7.36. The number of likely N-dealkylation sites (tertiary alicyclic amines) is 1. The fourth-order valence-electron chi connectivity index (χ4n) is 5.56. The van der Waals surface area contributed by atoms with Crippen molar-refractivity contribution in [2.45, 2.75) is 65.1 Å². The molecule has 2 fully saturated rings. The van der Waals surface area contributed by atoms with Crippen molar-refractivity contribution in [2.24, 2.45) is 5.92 Å². The molecule has 0 bridgehead atoms. The Morgan fingerprint density at radius 2 is 2.03 bits per heavy atom. The zero-order valence-electron chi connectivity index (χ0n) is 21.2. The molecule has 2 atom stereocenters. The number of benzene rings is 1. The number of nitrogens with one attached hydrogen (secondary N) is 1. The largest absolute Gasteiger partial charge is 0.466 e. The van der Waals surface area contributed by atoms with Crippen LogP contribution < -0.4 is 5.56 Å². The Balaban J connectivity index is 1.54. The van der Waals surface area contributed by atoms with Gasteiger partial charge in [-0.15, -0.1) is 5.10 Å². The summed E-state index contributed by atoms with van der Waals surface area (Å²) in [7, 11) is 0. The molecule has 192 valence electrons. The number of aromatic nitrogens is 5. The predicted octanol–water partition coefficient (Wildman–Crippen LogP) is 2.67. The highest BCUT2D eigenvalue weighted by molar-refractivity contribution is 5.83. The Morgan fingerprint density at radius 1 is 1.22 bits per heavy atom. The lowest BCUT2D eigenvalue weighted by Gasteiger charge is -2.36. The number of hydrogen-bond donors (Lipinski definition) is 1. The standard InChI is InChI=1S/C26H34N6O4/c1-4-35-26(34)18-7-9-31(10-8-18)23(24-28-29-30-32(24)15-19-6-5-11-36-19)21-14-20-17(3)12-16(2)13-22(20)27-25(21)33/h12-14,18-19,23H,4-11,15H2,1-3H3,(H,27,33)/t19-,23+/m0/s1. The van der Waals surface area contributed by atoms with Gasteiger partial charge in [0.2, 0.25) is 0 Å². The second-order valence-corrected chi connectivity index (χ2v) is 9.92. The third-order valence-electron chi connectivity index (χ3n) is 7.36. The van der Waals surface area contributed by atoms with Crippen molar-refractivity contribution in [3.8, 4) is 0 Å². The van der Waals surface area contributed by atoms with Crippen LogP contribution >= 0.6 is 0 Å². The van der Waals surface area contributed by atoms with Crippen LogP contribution in [0.2, 0.25) is 0 Å². The van der Waals surface area contributed by atoms with Crippen LogP contribution in [0.15, 0.2) is 23.0 Å². The number of rotatable bonds is 7. The van der Waals surface area contributed by atoms with Gasteiger partial charge in [-0.2, -0.15) is 0 Å². The maximum absolute atomic E-state index is 13.5. The molecule has 10 nitrogen and oxygen atoms in total. The number of carbonyl (C=O) groups excluding carboxylic acids is 1. The normalized spacial score (nSPS) is 20.1. The maximum Gasteiger partial charge on any atom is 0.309 e. The molecule has 36 heavy (non-hydrogen) atoms. The number of ether oxygens (including phenoxy) is 2. The van der Waals surface area contributed by atoms with Gasteiger partial charge in [0.05, 0.1) is 25.2 Å². The second-order valence-electron chi connectivity index (χ2n) is 9.92. The van der Waals surface area contributed by atoms with Crippen molar-refractivity contribution in [1.82, 2.24) is 30.1 Å². The van der Waals surface area contributed by atoms with Crippen LogP contribution in [0.1, 0.15) is 61.2 Å². The third kappa shape index (κ3) is 4.92. The number of tetrazole rings is 1. The van der Waals surface area contributed by atoms with Crippen molar-refractivity contribution in [2.75, 3.05) is 26.3 Å². The van der Waals surface area contributed by atoms with Gasteiger partial charge in [0.1, 0.15) is 6.04 Å². The number of esters is 1. The van der Waals surface area contributed by atoms with Crippen LogP contribution in [0.5, 0.6) is 0 Å². The topological polar surface area (TPSA) is 115 Å². The second kappa shape index (κ2) is 10.5. The fourth-order valence-corrected chi connectivity index (χ4v) is 5.56. The molecule has 0 unspecified atom stereocenters. The first kappa shape index (κ1) is 24.6. The highest BCUT2D eigenvalue weighted by atomic mass is 16.5. The van der Waals surface area contributed by atoms with Gasteiger partial charge in [-0.05, 0) is 80.1 Å². The van der Waals surface area contributed by atoms with E-state index in [4.69, 9.17) is 9.47 Å². The zero-order chi connectivity index (χ0) is 25.2. The first-order valence-corrected chi connectivity index (χ1v) is 12.9. The molecule has 0 saturated carbocycles. The molecule has 2 saturated heterocycles. The number of piperidine rings is 1. The quantitative estimate of drug-likeness (QED) is 0.499. The highest BCUT2D eigenvalue weighted by Crippen LogP contribution is 2.32. The Hall–Kier alpha value is -3.11. The van der Waals surface area contributed by atoms with E-state index in [0.717, 1.165) is 41.5 Å². The van der Waals surface area contributed by atoms with E-state index in [9.17, 15) is 9.59 Å². The van der Waals surface area contributed by atoms with Crippen molar-refractivity contribution in [3.05, 3.63) is 51.1 Å². The molecule has 1 N–H and O–H groups in total. The molecule has 0 aliphatic carbocycles. The van der Waals surface area contributed by atoms with Crippen molar-refractivity contribution < 1.29 is 14.3 Å². The minimum atomic E-state index is -0.446. The van der Waals surface area contributed by atoms with E-state index in [1.807, 2.05) is 26.0 Å². The average molecular weight is 495 g/mol. The molecular weight excluding hydrogens is 460 g/mol. The Bertz CT molecular complexity index is 1290. The number of hydrogen-bond acceptors (Lipinski definition) is 8. The molecule has 2 aliphatic rings. The summed E-state index contributed by atoms with van der Waals surface area (Å²) in [6, 6.07) is 5.65. The number of carbonyl (C=O) groups is 1. The van der Waals surface area contributed by atoms with Crippen LogP contribution in [0.3, 0.4) is 0 Å². The number of H-pyrrole nitrogens is 1. The van der Waals surface area contributed by atoms with Crippen molar-refractivity contribution in [3.63, 3.8) is 0 Å². The number of fused-ring (bicyclic) bond motifs is 1. The number of aromatic amines is 1. The minimum Gasteiger partial charge on any atom is -0.466 e. The van der Waals surface area contributed by atoms with Gasteiger partial charge in [-0.3, -0.25) is 14.5 Å². The smallest absolute Gasteiger partial charge is 0.309 e. The molecule has 5 rings (SSSR count). The van der Waals surface area contributed by atoms with E-state index < -0.39 is 6.04 Å². The summed E-state index contributed by atoms with van der Waals surface area (Å²) in [6.07, 6.45) is 3.36. The van der Waals surface area contributed by atoms with Gasteiger partial charge >= 0.3 is 5.97 Å². The summed E-state index contributed by atoms with van der Waals surface area (Å²) in [4.78, 5) is 31.1. The summed E-state index contributed by atoms with van der Waals surface area (Å²) in [5.41, 5.74) is 3.46. The van der Waals surface area contributed by atoms with Crippen LogP contribution in [0, 0.1) is 19.8 Å². The first-order chi connectivity index (χ1) is 17.4. The van der Waals surface area contributed by atoms with Gasteiger partial charge in [-0.1, -0.05) is 6.07 Å². The molecule has 0 amide bonds. The lowest BCUT2D eigenvalue weighted by atomic mass is 9.93. The number of aryl methyl sites for hydroxylation is 2. The Labute approximate surface area is 210 Å². The Morgan fingerprint density at radius 3 is 2.75 bits per heavy atom.